The van der Waals surface area contributed by atoms with Crippen molar-refractivity contribution in [2.45, 2.75) is 19.3 Å². The highest BCUT2D eigenvalue weighted by Gasteiger charge is 2.10. The van der Waals surface area contributed by atoms with Gasteiger partial charge in [-0.1, -0.05) is 24.3 Å². The Morgan fingerprint density at radius 1 is 0.905 bits per heavy atom. The largest absolute Gasteiger partial charge is 0.372 e. The SMILES string of the molecule is Brc1ccccc1N=Cc1ccc(N2CCCCC2)cc1. The number of aliphatic imine (C=N–C) groups is 1. The average Bonchev–Trinajstić information content (AvgIpc) is 2.55. The molecule has 1 fully saturated rings. The van der Waals surface area contributed by atoms with Crippen LogP contribution in [0.15, 0.2) is 58.0 Å². The van der Waals surface area contributed by atoms with Crippen LogP contribution in [-0.4, -0.2) is 19.3 Å². The zero-order valence-corrected chi connectivity index (χ0v) is 13.6. The molecule has 3 heteroatoms. The van der Waals surface area contributed by atoms with E-state index in [2.05, 4.69) is 50.1 Å². The second kappa shape index (κ2) is 6.90. The van der Waals surface area contributed by atoms with Crippen LogP contribution >= 0.6 is 15.9 Å². The van der Waals surface area contributed by atoms with Crippen molar-refractivity contribution in [3.8, 4) is 0 Å². The van der Waals surface area contributed by atoms with E-state index >= 15 is 0 Å². The fraction of sp³-hybridized carbons (Fsp3) is 0.278. The number of rotatable bonds is 3. The third kappa shape index (κ3) is 3.73. The molecule has 108 valence electrons. The maximum Gasteiger partial charge on any atom is 0.0771 e. The van der Waals surface area contributed by atoms with Crippen LogP contribution in [0.25, 0.3) is 0 Å². The van der Waals surface area contributed by atoms with Crippen molar-refractivity contribution in [3.05, 3.63) is 58.6 Å². The summed E-state index contributed by atoms with van der Waals surface area (Å²) in [5.41, 5.74) is 3.41. The van der Waals surface area contributed by atoms with Crippen LogP contribution in [-0.2, 0) is 0 Å². The molecule has 1 heterocycles. The standard InChI is InChI=1S/C18H19BrN2/c19-17-6-2-3-7-18(17)20-14-15-8-10-16(11-9-15)21-12-4-1-5-13-21/h2-3,6-11,14H,1,4-5,12-13H2. The van der Waals surface area contributed by atoms with Crippen molar-refractivity contribution in [1.82, 2.24) is 0 Å². The van der Waals surface area contributed by atoms with Crippen LogP contribution in [0.1, 0.15) is 24.8 Å². The average molecular weight is 343 g/mol. The molecule has 0 saturated carbocycles. The van der Waals surface area contributed by atoms with Gasteiger partial charge in [-0.2, -0.15) is 0 Å². The number of nitrogens with zero attached hydrogens (tertiary/aromatic N) is 2. The summed E-state index contributed by atoms with van der Waals surface area (Å²) in [5, 5.41) is 0. The van der Waals surface area contributed by atoms with Crippen molar-refractivity contribution in [2.75, 3.05) is 18.0 Å². The van der Waals surface area contributed by atoms with Gasteiger partial charge in [0.2, 0.25) is 0 Å². The molecule has 1 saturated heterocycles. The molecule has 0 bridgehead atoms. The van der Waals surface area contributed by atoms with E-state index < -0.39 is 0 Å². The van der Waals surface area contributed by atoms with Crippen molar-refractivity contribution in [2.24, 2.45) is 4.99 Å². The predicted octanol–water partition coefficient (Wildman–Crippen LogP) is 5.19. The van der Waals surface area contributed by atoms with Gasteiger partial charge >= 0.3 is 0 Å². The second-order valence-corrected chi connectivity index (χ2v) is 6.20. The summed E-state index contributed by atoms with van der Waals surface area (Å²) < 4.78 is 1.02. The van der Waals surface area contributed by atoms with Gasteiger partial charge in [-0.05, 0) is 65.0 Å². The minimum atomic E-state index is 0.956. The number of para-hydroxylation sites is 1. The molecule has 1 aliphatic rings. The topological polar surface area (TPSA) is 15.6 Å². The fourth-order valence-corrected chi connectivity index (χ4v) is 3.01. The minimum Gasteiger partial charge on any atom is -0.372 e. The van der Waals surface area contributed by atoms with Crippen LogP contribution in [0.5, 0.6) is 0 Å². The van der Waals surface area contributed by atoms with E-state index in [-0.39, 0.29) is 0 Å². The fourth-order valence-electron chi connectivity index (χ4n) is 2.62. The summed E-state index contributed by atoms with van der Waals surface area (Å²) >= 11 is 3.51. The van der Waals surface area contributed by atoms with Gasteiger partial charge in [0.1, 0.15) is 0 Å². The number of piperidine rings is 1. The van der Waals surface area contributed by atoms with Gasteiger partial charge in [-0.25, -0.2) is 0 Å². The Kier molecular flexibility index (Phi) is 4.71. The quantitative estimate of drug-likeness (QED) is 0.700. The maximum atomic E-state index is 4.53. The molecule has 2 nitrogen and oxygen atoms in total. The van der Waals surface area contributed by atoms with E-state index in [0.29, 0.717) is 0 Å². The first-order valence-electron chi connectivity index (χ1n) is 7.46. The van der Waals surface area contributed by atoms with Gasteiger partial charge in [0.05, 0.1) is 5.69 Å². The summed E-state index contributed by atoms with van der Waals surface area (Å²) in [5.74, 6) is 0. The Morgan fingerprint density at radius 3 is 2.33 bits per heavy atom. The number of anilines is 1. The summed E-state index contributed by atoms with van der Waals surface area (Å²) in [6, 6.07) is 16.7. The first-order valence-corrected chi connectivity index (χ1v) is 8.26. The van der Waals surface area contributed by atoms with Gasteiger partial charge in [0, 0.05) is 29.5 Å². The molecule has 1 aliphatic heterocycles. The number of benzene rings is 2. The molecule has 0 N–H and O–H groups in total. The lowest BCUT2D eigenvalue weighted by molar-refractivity contribution is 0.578. The normalized spacial score (nSPS) is 15.6. The van der Waals surface area contributed by atoms with Crippen LogP contribution in [0.3, 0.4) is 0 Å². The summed E-state index contributed by atoms with van der Waals surface area (Å²) in [6.07, 6.45) is 5.91. The van der Waals surface area contributed by atoms with Gasteiger partial charge in [-0.3, -0.25) is 4.99 Å². The maximum absolute atomic E-state index is 4.53. The summed E-state index contributed by atoms with van der Waals surface area (Å²) in [4.78, 5) is 7.00. The Morgan fingerprint density at radius 2 is 1.62 bits per heavy atom. The molecule has 2 aromatic rings. The third-order valence-electron chi connectivity index (χ3n) is 3.82. The number of hydrogen-bond donors (Lipinski definition) is 0. The molecule has 0 amide bonds. The van der Waals surface area contributed by atoms with Gasteiger partial charge in [0.25, 0.3) is 0 Å². The molecule has 0 aliphatic carbocycles. The smallest absolute Gasteiger partial charge is 0.0771 e. The van der Waals surface area contributed by atoms with Crippen LogP contribution in [0.4, 0.5) is 11.4 Å². The van der Waals surface area contributed by atoms with Crippen LogP contribution in [0.2, 0.25) is 0 Å². The van der Waals surface area contributed by atoms with E-state index in [1.807, 2.05) is 30.5 Å². The lowest BCUT2D eigenvalue weighted by atomic mass is 10.1. The first-order chi connectivity index (χ1) is 10.3. The second-order valence-electron chi connectivity index (χ2n) is 5.35. The molecule has 2 aromatic carbocycles. The molecule has 0 aromatic heterocycles. The van der Waals surface area contributed by atoms with Crippen LogP contribution < -0.4 is 4.90 Å². The van der Waals surface area contributed by atoms with E-state index in [1.54, 1.807) is 0 Å². The first kappa shape index (κ1) is 14.3. The van der Waals surface area contributed by atoms with Crippen molar-refractivity contribution < 1.29 is 0 Å². The van der Waals surface area contributed by atoms with Gasteiger partial charge in [0.15, 0.2) is 0 Å². The van der Waals surface area contributed by atoms with Crippen molar-refractivity contribution in [3.63, 3.8) is 0 Å². The summed E-state index contributed by atoms with van der Waals surface area (Å²) in [7, 11) is 0. The highest BCUT2D eigenvalue weighted by atomic mass is 79.9. The minimum absolute atomic E-state index is 0.956. The molecule has 21 heavy (non-hydrogen) atoms. The molecule has 0 atom stereocenters. The monoisotopic (exact) mass is 342 g/mol. The van der Waals surface area contributed by atoms with E-state index in [0.717, 1.165) is 15.7 Å². The summed E-state index contributed by atoms with van der Waals surface area (Å²) in [6.45, 7) is 2.37. The third-order valence-corrected chi connectivity index (χ3v) is 4.49. The van der Waals surface area contributed by atoms with Crippen molar-refractivity contribution >= 4 is 33.5 Å². The molecular formula is C18H19BrN2. The van der Waals surface area contributed by atoms with E-state index in [1.165, 1.54) is 38.0 Å². The molecular weight excluding hydrogens is 324 g/mol. The Bertz CT molecular complexity index is 613. The predicted molar refractivity (Wildman–Crippen MR) is 93.9 cm³/mol. The highest BCUT2D eigenvalue weighted by molar-refractivity contribution is 9.10. The van der Waals surface area contributed by atoms with E-state index in [9.17, 15) is 0 Å². The highest BCUT2D eigenvalue weighted by Crippen LogP contribution is 2.24. The number of halogens is 1. The Balaban J connectivity index is 1.71. The Hall–Kier alpha value is -1.61. The van der Waals surface area contributed by atoms with Gasteiger partial charge < -0.3 is 4.90 Å². The molecule has 0 spiro atoms. The number of hydrogen-bond acceptors (Lipinski definition) is 2. The van der Waals surface area contributed by atoms with Gasteiger partial charge in [-0.15, -0.1) is 0 Å². The van der Waals surface area contributed by atoms with Crippen LogP contribution in [0, 0.1) is 0 Å². The van der Waals surface area contributed by atoms with Crippen molar-refractivity contribution in [1.29, 1.82) is 0 Å². The lowest BCUT2D eigenvalue weighted by Crippen LogP contribution is -2.29. The molecule has 0 unspecified atom stereocenters. The Labute approximate surface area is 134 Å². The lowest BCUT2D eigenvalue weighted by Gasteiger charge is -2.28. The zero-order valence-electron chi connectivity index (χ0n) is 12.0. The zero-order chi connectivity index (χ0) is 14.5. The van der Waals surface area contributed by atoms with E-state index in [4.69, 9.17) is 0 Å². The molecule has 3 rings (SSSR count). The molecule has 0 radical (unpaired) electrons.